The lowest BCUT2D eigenvalue weighted by Gasteiger charge is -2.35. The number of aryl methyl sites for hydroxylation is 1. The smallest absolute Gasteiger partial charge is 0.317 e. The lowest BCUT2D eigenvalue weighted by atomic mass is 9.95. The van der Waals surface area contributed by atoms with Crippen molar-refractivity contribution in [3.8, 4) is 0 Å². The van der Waals surface area contributed by atoms with Crippen molar-refractivity contribution in [2.75, 3.05) is 26.2 Å². The van der Waals surface area contributed by atoms with Gasteiger partial charge in [-0.15, -0.1) is 0 Å². The molecule has 3 amide bonds. The molecule has 7 nitrogen and oxygen atoms in total. The molecule has 0 unspecified atom stereocenters. The maximum absolute atomic E-state index is 12.8. The molecule has 7 heteroatoms. The molecule has 0 bridgehead atoms. The number of hydrogen-bond acceptors (Lipinski definition) is 3. The van der Waals surface area contributed by atoms with E-state index in [4.69, 9.17) is 4.98 Å². The first-order valence-electron chi connectivity index (χ1n) is 12.4. The Morgan fingerprint density at radius 1 is 0.906 bits per heavy atom. The summed E-state index contributed by atoms with van der Waals surface area (Å²) >= 11 is 0. The Morgan fingerprint density at radius 3 is 2.34 bits per heavy atom. The maximum atomic E-state index is 12.8. The highest BCUT2D eigenvalue weighted by atomic mass is 16.2. The zero-order chi connectivity index (χ0) is 22.1. The second kappa shape index (κ2) is 9.12. The van der Waals surface area contributed by atoms with E-state index in [-0.39, 0.29) is 11.9 Å². The molecule has 3 heterocycles. The predicted octanol–water partition coefficient (Wildman–Crippen LogP) is 4.26. The van der Waals surface area contributed by atoms with Crippen LogP contribution in [0, 0.1) is 6.92 Å². The molecule has 5 rings (SSSR count). The van der Waals surface area contributed by atoms with Crippen molar-refractivity contribution in [1.82, 2.24) is 24.7 Å². The van der Waals surface area contributed by atoms with Crippen LogP contribution in [0.5, 0.6) is 0 Å². The molecular weight excluding hydrogens is 402 g/mol. The number of amides is 3. The van der Waals surface area contributed by atoms with E-state index in [1.165, 1.54) is 19.3 Å². The van der Waals surface area contributed by atoms with Gasteiger partial charge in [0.15, 0.2) is 0 Å². The quantitative estimate of drug-likeness (QED) is 0.780. The van der Waals surface area contributed by atoms with Gasteiger partial charge in [0.25, 0.3) is 5.91 Å². The fourth-order valence-electron chi connectivity index (χ4n) is 5.76. The molecule has 0 spiro atoms. The highest BCUT2D eigenvalue weighted by Gasteiger charge is 2.28. The molecule has 1 N–H and O–H groups in total. The van der Waals surface area contributed by atoms with E-state index in [2.05, 4.69) is 16.0 Å². The Kier molecular flexibility index (Phi) is 6.07. The minimum absolute atomic E-state index is 0.104. The van der Waals surface area contributed by atoms with Gasteiger partial charge in [0.1, 0.15) is 5.82 Å². The van der Waals surface area contributed by atoms with E-state index in [0.29, 0.717) is 12.1 Å². The summed E-state index contributed by atoms with van der Waals surface area (Å²) < 4.78 is 2.32. The van der Waals surface area contributed by atoms with Gasteiger partial charge in [0.2, 0.25) is 0 Å². The lowest BCUT2D eigenvalue weighted by Crippen LogP contribution is -2.48. The zero-order valence-electron chi connectivity index (χ0n) is 19.2. The van der Waals surface area contributed by atoms with E-state index < -0.39 is 0 Å². The predicted molar refractivity (Wildman–Crippen MR) is 125 cm³/mol. The number of piperidine rings is 1. The Hall–Kier alpha value is -2.57. The molecule has 0 atom stereocenters. The monoisotopic (exact) mass is 437 g/mol. The molecule has 32 heavy (non-hydrogen) atoms. The summed E-state index contributed by atoms with van der Waals surface area (Å²) in [4.78, 5) is 34.2. The van der Waals surface area contributed by atoms with Gasteiger partial charge < -0.3 is 19.7 Å². The Balaban J connectivity index is 1.25. The van der Waals surface area contributed by atoms with E-state index in [1.807, 2.05) is 28.9 Å². The molecule has 1 aromatic heterocycles. The summed E-state index contributed by atoms with van der Waals surface area (Å²) in [5.41, 5.74) is 2.72. The SMILES string of the molecule is Cc1nc2cc(C(=O)N3CCCC3)ccc2n1C1CCN(C(=O)NC2CCCCC2)CC1. The van der Waals surface area contributed by atoms with Crippen molar-refractivity contribution >= 4 is 23.0 Å². The summed E-state index contributed by atoms with van der Waals surface area (Å²) in [6, 6.07) is 6.75. The van der Waals surface area contributed by atoms with Crippen LogP contribution in [0.4, 0.5) is 4.79 Å². The number of likely N-dealkylation sites (tertiary alicyclic amines) is 2. The van der Waals surface area contributed by atoms with E-state index in [0.717, 1.165) is 87.1 Å². The summed E-state index contributed by atoms with van der Waals surface area (Å²) in [6.45, 7) is 5.31. The fourth-order valence-corrected chi connectivity index (χ4v) is 5.76. The van der Waals surface area contributed by atoms with Crippen molar-refractivity contribution < 1.29 is 9.59 Å². The van der Waals surface area contributed by atoms with Crippen LogP contribution in [0.2, 0.25) is 0 Å². The van der Waals surface area contributed by atoms with Crippen LogP contribution in [0.25, 0.3) is 11.0 Å². The number of urea groups is 1. The standard InChI is InChI=1S/C25H35N5O2/c1-18-26-22-17-19(24(31)28-13-5-6-14-28)9-10-23(22)30(18)21-11-15-29(16-12-21)25(32)27-20-7-3-2-4-8-20/h9-10,17,20-21H,2-8,11-16H2,1H3,(H,27,32). The molecule has 3 aliphatic rings. The minimum atomic E-state index is 0.104. The molecule has 1 aliphatic carbocycles. The molecule has 3 fully saturated rings. The highest BCUT2D eigenvalue weighted by Crippen LogP contribution is 2.30. The van der Waals surface area contributed by atoms with Crippen molar-refractivity contribution in [2.45, 2.75) is 76.8 Å². The average molecular weight is 438 g/mol. The largest absolute Gasteiger partial charge is 0.339 e. The number of carbonyl (C=O) groups excluding carboxylic acids is 2. The van der Waals surface area contributed by atoms with Crippen LogP contribution in [0.3, 0.4) is 0 Å². The first-order valence-corrected chi connectivity index (χ1v) is 12.4. The van der Waals surface area contributed by atoms with Crippen LogP contribution in [-0.2, 0) is 0 Å². The Labute approximate surface area is 190 Å². The highest BCUT2D eigenvalue weighted by molar-refractivity contribution is 5.97. The summed E-state index contributed by atoms with van der Waals surface area (Å²) in [5.74, 6) is 1.10. The van der Waals surface area contributed by atoms with Crippen LogP contribution in [0.1, 0.15) is 80.0 Å². The number of rotatable bonds is 3. The molecule has 1 saturated carbocycles. The molecule has 172 valence electrons. The van der Waals surface area contributed by atoms with Crippen molar-refractivity contribution in [3.63, 3.8) is 0 Å². The fraction of sp³-hybridized carbons (Fsp3) is 0.640. The normalized spacial score (nSPS) is 20.8. The molecule has 2 saturated heterocycles. The topological polar surface area (TPSA) is 70.5 Å². The minimum Gasteiger partial charge on any atom is -0.339 e. The Bertz CT molecular complexity index is 980. The third kappa shape index (κ3) is 4.21. The van der Waals surface area contributed by atoms with Crippen molar-refractivity contribution in [3.05, 3.63) is 29.6 Å². The van der Waals surface area contributed by atoms with Gasteiger partial charge >= 0.3 is 6.03 Å². The van der Waals surface area contributed by atoms with Gasteiger partial charge in [-0.3, -0.25) is 4.79 Å². The van der Waals surface area contributed by atoms with Gasteiger partial charge in [-0.1, -0.05) is 19.3 Å². The lowest BCUT2D eigenvalue weighted by molar-refractivity contribution is 0.0793. The van der Waals surface area contributed by atoms with E-state index >= 15 is 0 Å². The number of hydrogen-bond donors (Lipinski definition) is 1. The number of imidazole rings is 1. The van der Waals surface area contributed by atoms with Gasteiger partial charge in [-0.25, -0.2) is 9.78 Å². The van der Waals surface area contributed by atoms with Crippen molar-refractivity contribution in [1.29, 1.82) is 0 Å². The number of benzene rings is 1. The number of nitrogens with one attached hydrogen (secondary N) is 1. The number of aromatic nitrogens is 2. The second-order valence-corrected chi connectivity index (χ2v) is 9.73. The van der Waals surface area contributed by atoms with Crippen LogP contribution >= 0.6 is 0 Å². The second-order valence-electron chi connectivity index (χ2n) is 9.73. The number of nitrogens with zero attached hydrogens (tertiary/aromatic N) is 4. The van der Waals surface area contributed by atoms with Gasteiger partial charge in [-0.2, -0.15) is 0 Å². The van der Waals surface area contributed by atoms with E-state index in [1.54, 1.807) is 0 Å². The first-order chi connectivity index (χ1) is 15.6. The zero-order valence-corrected chi connectivity index (χ0v) is 19.2. The van der Waals surface area contributed by atoms with Crippen molar-refractivity contribution in [2.24, 2.45) is 0 Å². The summed E-state index contributed by atoms with van der Waals surface area (Å²) in [6.07, 6.45) is 10.0. The number of fused-ring (bicyclic) bond motifs is 1. The Morgan fingerprint density at radius 2 is 1.62 bits per heavy atom. The number of carbonyl (C=O) groups is 2. The molecule has 2 aliphatic heterocycles. The van der Waals surface area contributed by atoms with Gasteiger partial charge in [0.05, 0.1) is 11.0 Å². The van der Waals surface area contributed by atoms with E-state index in [9.17, 15) is 9.59 Å². The maximum Gasteiger partial charge on any atom is 0.317 e. The molecule has 1 aromatic carbocycles. The van der Waals surface area contributed by atoms with Crippen LogP contribution in [-0.4, -0.2) is 63.5 Å². The molecular formula is C25H35N5O2. The van der Waals surface area contributed by atoms with Crippen LogP contribution in [0.15, 0.2) is 18.2 Å². The first kappa shape index (κ1) is 21.3. The average Bonchev–Trinajstić information content (AvgIpc) is 3.46. The van der Waals surface area contributed by atoms with Gasteiger partial charge in [0, 0.05) is 43.8 Å². The van der Waals surface area contributed by atoms with Gasteiger partial charge in [-0.05, 0) is 63.6 Å². The summed E-state index contributed by atoms with van der Waals surface area (Å²) in [7, 11) is 0. The third-order valence-corrected chi connectivity index (χ3v) is 7.56. The molecule has 2 aromatic rings. The molecule has 0 radical (unpaired) electrons. The van der Waals surface area contributed by atoms with Crippen LogP contribution < -0.4 is 5.32 Å². The third-order valence-electron chi connectivity index (χ3n) is 7.56. The summed E-state index contributed by atoms with van der Waals surface area (Å²) in [5, 5.41) is 3.25.